The lowest BCUT2D eigenvalue weighted by Gasteiger charge is -2.22. The molecule has 6 heteroatoms. The summed E-state index contributed by atoms with van der Waals surface area (Å²) in [7, 11) is 0. The zero-order valence-corrected chi connectivity index (χ0v) is 29.9. The molecule has 0 bridgehead atoms. The lowest BCUT2D eigenvalue weighted by molar-refractivity contribution is 0.474. The summed E-state index contributed by atoms with van der Waals surface area (Å²) < 4.78 is 0. The van der Waals surface area contributed by atoms with Gasteiger partial charge < -0.3 is 15.2 Å². The highest BCUT2D eigenvalue weighted by molar-refractivity contribution is 6.14. The van der Waals surface area contributed by atoms with Gasteiger partial charge in [-0.2, -0.15) is 0 Å². The van der Waals surface area contributed by atoms with Gasteiger partial charge in [-0.15, -0.1) is 0 Å². The Morgan fingerprint density at radius 1 is 0.569 bits per heavy atom. The van der Waals surface area contributed by atoms with E-state index in [-0.39, 0.29) is 22.3 Å². The number of rotatable bonds is 6. The molecular formula is C45H42N4O2. The highest BCUT2D eigenvalue weighted by Crippen LogP contribution is 2.43. The number of nitrogens with one attached hydrogen (secondary N) is 1. The fourth-order valence-electron chi connectivity index (χ4n) is 6.37. The summed E-state index contributed by atoms with van der Waals surface area (Å²) in [5, 5.41) is 23.4. The second kappa shape index (κ2) is 13.0. The summed E-state index contributed by atoms with van der Waals surface area (Å²) in [6, 6.07) is 33.8. The lowest BCUT2D eigenvalue weighted by Crippen LogP contribution is -2.13. The topological polar surface area (TPSA) is 94.4 Å². The average molecular weight is 671 g/mol. The molecule has 254 valence electrons. The molecule has 0 atom stereocenters. The number of hydrogen-bond donors (Lipinski definition) is 3. The first-order valence-electron chi connectivity index (χ1n) is 17.2. The fraction of sp³-hybridized carbons (Fsp3) is 0.178. The number of aromatic hydroxyl groups is 2. The van der Waals surface area contributed by atoms with Crippen molar-refractivity contribution in [3.05, 3.63) is 161 Å². The standard InChI is InChI=1S/C45H42N4O2/c1-44(2,3)29-24-31(35-16-10-12-22-46-35)42(50)33(26-29)37-18-20-39(48-37)41(28-14-8-7-9-15-28)40-21-19-38(49-40)34-27-30(45(4,5)6)25-32(43(34)51)36-17-11-13-23-47-36/h7-27,48,50-51H,1-6H3/b41-40-. The van der Waals surface area contributed by atoms with Crippen molar-refractivity contribution in [1.29, 1.82) is 0 Å². The molecule has 4 heterocycles. The molecule has 0 unspecified atom stereocenters. The Labute approximate surface area is 299 Å². The molecule has 6 aromatic rings. The number of benzene rings is 3. The third-order valence-electron chi connectivity index (χ3n) is 9.31. The van der Waals surface area contributed by atoms with Crippen LogP contribution in [0.1, 0.15) is 69.5 Å². The van der Waals surface area contributed by atoms with E-state index in [9.17, 15) is 10.2 Å². The van der Waals surface area contributed by atoms with Crippen molar-refractivity contribution in [3.8, 4) is 45.3 Å². The van der Waals surface area contributed by atoms with Gasteiger partial charge in [0, 0.05) is 51.6 Å². The molecule has 0 amide bonds. The molecule has 3 aromatic carbocycles. The van der Waals surface area contributed by atoms with Crippen molar-refractivity contribution < 1.29 is 10.2 Å². The Balaban J connectivity index is 1.38. The molecule has 3 N–H and O–H groups in total. The highest BCUT2D eigenvalue weighted by Gasteiger charge is 2.25. The SMILES string of the molecule is CC(C)(C)c1cc(C2=N/C(=C(/c3ccccc3)c3ccc(-c4cc(C(C)(C)C)cc(-c5ccccn5)c4O)[nH]3)C=C2)c(O)c(-c2ccccn2)c1. The van der Waals surface area contributed by atoms with Crippen molar-refractivity contribution in [3.63, 3.8) is 0 Å². The number of H-pyrrole nitrogens is 1. The van der Waals surface area contributed by atoms with Crippen LogP contribution in [0.2, 0.25) is 0 Å². The molecule has 51 heavy (non-hydrogen) atoms. The number of allylic oxidation sites excluding steroid dienone is 2. The molecule has 0 spiro atoms. The van der Waals surface area contributed by atoms with Gasteiger partial charge in [0.15, 0.2) is 0 Å². The fourth-order valence-corrected chi connectivity index (χ4v) is 6.37. The quantitative estimate of drug-likeness (QED) is 0.164. The van der Waals surface area contributed by atoms with E-state index in [1.165, 1.54) is 0 Å². The van der Waals surface area contributed by atoms with Crippen LogP contribution in [0.25, 0.3) is 39.3 Å². The molecule has 0 saturated heterocycles. The van der Waals surface area contributed by atoms with E-state index in [1.807, 2.05) is 97.1 Å². The van der Waals surface area contributed by atoms with E-state index in [1.54, 1.807) is 12.4 Å². The Kier molecular flexibility index (Phi) is 8.56. The minimum Gasteiger partial charge on any atom is -0.507 e. The first-order chi connectivity index (χ1) is 24.4. The molecule has 0 aliphatic carbocycles. The van der Waals surface area contributed by atoms with Gasteiger partial charge in [0.25, 0.3) is 0 Å². The van der Waals surface area contributed by atoms with Crippen LogP contribution in [0.4, 0.5) is 0 Å². The summed E-state index contributed by atoms with van der Waals surface area (Å²) in [4.78, 5) is 17.9. The summed E-state index contributed by atoms with van der Waals surface area (Å²) >= 11 is 0. The highest BCUT2D eigenvalue weighted by atomic mass is 16.3. The van der Waals surface area contributed by atoms with Crippen LogP contribution < -0.4 is 0 Å². The van der Waals surface area contributed by atoms with Gasteiger partial charge >= 0.3 is 0 Å². The molecule has 0 saturated carbocycles. The first kappa shape index (κ1) is 33.5. The second-order valence-electron chi connectivity index (χ2n) is 15.0. The van der Waals surface area contributed by atoms with Gasteiger partial charge in [-0.3, -0.25) is 9.97 Å². The van der Waals surface area contributed by atoms with Crippen molar-refractivity contribution >= 4 is 11.3 Å². The molecule has 1 aliphatic rings. The number of nitrogens with zero attached hydrogens (tertiary/aromatic N) is 3. The lowest BCUT2D eigenvalue weighted by atomic mass is 9.83. The number of aromatic amines is 1. The largest absolute Gasteiger partial charge is 0.507 e. The minimum absolute atomic E-state index is 0.146. The van der Waals surface area contributed by atoms with E-state index in [2.05, 4.69) is 74.7 Å². The monoisotopic (exact) mass is 670 g/mol. The van der Waals surface area contributed by atoms with Crippen LogP contribution in [0, 0.1) is 0 Å². The molecule has 3 aromatic heterocycles. The Bertz CT molecular complexity index is 2320. The molecule has 7 rings (SSSR count). The van der Waals surface area contributed by atoms with Gasteiger partial charge in [0.05, 0.1) is 22.8 Å². The zero-order chi connectivity index (χ0) is 35.9. The molecule has 0 radical (unpaired) electrons. The maximum Gasteiger partial charge on any atom is 0.134 e. The third-order valence-corrected chi connectivity index (χ3v) is 9.31. The number of phenolic OH excluding ortho intramolecular Hbond substituents is 2. The maximum absolute atomic E-state index is 11.7. The first-order valence-corrected chi connectivity index (χ1v) is 17.2. The second-order valence-corrected chi connectivity index (χ2v) is 15.0. The van der Waals surface area contributed by atoms with Gasteiger partial charge in [-0.25, -0.2) is 4.99 Å². The van der Waals surface area contributed by atoms with Crippen LogP contribution >= 0.6 is 0 Å². The summed E-state index contributed by atoms with van der Waals surface area (Å²) in [5.41, 5.74) is 10.9. The summed E-state index contributed by atoms with van der Waals surface area (Å²) in [6.07, 6.45) is 7.44. The minimum atomic E-state index is -0.171. The summed E-state index contributed by atoms with van der Waals surface area (Å²) in [6.45, 7) is 13.0. The van der Waals surface area contributed by atoms with E-state index in [0.29, 0.717) is 39.4 Å². The number of aliphatic imine (C=N–C) groups is 1. The van der Waals surface area contributed by atoms with E-state index < -0.39 is 0 Å². The molecule has 6 nitrogen and oxygen atoms in total. The Hall–Kier alpha value is -6.01. The number of phenols is 2. The van der Waals surface area contributed by atoms with E-state index in [4.69, 9.17) is 4.99 Å². The average Bonchev–Trinajstić information content (AvgIpc) is 3.80. The molecule has 0 fully saturated rings. The number of aromatic nitrogens is 3. The number of pyridine rings is 2. The predicted octanol–water partition coefficient (Wildman–Crippen LogP) is 10.6. The zero-order valence-electron chi connectivity index (χ0n) is 29.9. The normalized spacial score (nSPS) is 14.1. The van der Waals surface area contributed by atoms with Gasteiger partial charge in [-0.1, -0.05) is 84.0 Å². The van der Waals surface area contributed by atoms with Crippen molar-refractivity contribution in [1.82, 2.24) is 15.0 Å². The van der Waals surface area contributed by atoms with Gasteiger partial charge in [0.1, 0.15) is 11.5 Å². The van der Waals surface area contributed by atoms with Crippen LogP contribution in [0.5, 0.6) is 11.5 Å². The van der Waals surface area contributed by atoms with Crippen molar-refractivity contribution in [2.45, 2.75) is 52.4 Å². The number of hydrogen-bond acceptors (Lipinski definition) is 5. The Morgan fingerprint density at radius 3 is 1.65 bits per heavy atom. The summed E-state index contributed by atoms with van der Waals surface area (Å²) in [5.74, 6) is 0.315. The van der Waals surface area contributed by atoms with Crippen LogP contribution in [0.15, 0.2) is 138 Å². The van der Waals surface area contributed by atoms with Crippen LogP contribution in [-0.4, -0.2) is 30.9 Å². The maximum atomic E-state index is 11.7. The van der Waals surface area contributed by atoms with E-state index >= 15 is 0 Å². The predicted molar refractivity (Wildman–Crippen MR) is 208 cm³/mol. The smallest absolute Gasteiger partial charge is 0.134 e. The van der Waals surface area contributed by atoms with Gasteiger partial charge in [-0.05, 0) is 100 Å². The van der Waals surface area contributed by atoms with Gasteiger partial charge in [0.2, 0.25) is 0 Å². The molecular weight excluding hydrogens is 629 g/mol. The van der Waals surface area contributed by atoms with E-state index in [0.717, 1.165) is 39.3 Å². The molecule has 1 aliphatic heterocycles. The van der Waals surface area contributed by atoms with Crippen LogP contribution in [0.3, 0.4) is 0 Å². The third kappa shape index (κ3) is 6.65. The van der Waals surface area contributed by atoms with Crippen molar-refractivity contribution in [2.75, 3.05) is 0 Å². The van der Waals surface area contributed by atoms with Crippen LogP contribution in [-0.2, 0) is 10.8 Å². The van der Waals surface area contributed by atoms with Crippen molar-refractivity contribution in [2.24, 2.45) is 4.99 Å². The Morgan fingerprint density at radius 2 is 1.10 bits per heavy atom.